The maximum atomic E-state index is 13.4. The minimum Gasteiger partial charge on any atom is -0.497 e. The summed E-state index contributed by atoms with van der Waals surface area (Å²) in [7, 11) is 3.60. The topological polar surface area (TPSA) is 65.4 Å². The number of nitrogens with one attached hydrogen (secondary N) is 1. The number of benzene rings is 1. The van der Waals surface area contributed by atoms with Gasteiger partial charge >= 0.3 is 0 Å². The number of rotatable bonds is 6. The summed E-state index contributed by atoms with van der Waals surface area (Å²) in [6, 6.07) is 7.87. The molecule has 0 spiro atoms. The van der Waals surface area contributed by atoms with Gasteiger partial charge in [-0.25, -0.2) is 0 Å². The normalized spacial score (nSPS) is 17.2. The van der Waals surface area contributed by atoms with E-state index in [0.717, 1.165) is 29.1 Å². The summed E-state index contributed by atoms with van der Waals surface area (Å²) in [4.78, 5) is 13.4. The van der Waals surface area contributed by atoms with Crippen LogP contribution in [-0.2, 0) is 28.4 Å². The van der Waals surface area contributed by atoms with Gasteiger partial charge in [0.15, 0.2) is 0 Å². The number of methoxy groups -OCH3 is 1. The highest BCUT2D eigenvalue weighted by molar-refractivity contribution is 5.88. The lowest BCUT2D eigenvalue weighted by molar-refractivity contribution is -0.131. The number of carbonyl (C=O) groups is 1. The molecular formula is C22H31N3O3. The van der Waals surface area contributed by atoms with Crippen molar-refractivity contribution in [2.45, 2.75) is 51.5 Å². The Labute approximate surface area is 167 Å². The summed E-state index contributed by atoms with van der Waals surface area (Å²) in [6.45, 7) is 7.34. The Morgan fingerprint density at radius 1 is 1.29 bits per heavy atom. The Balaban J connectivity index is 1.79. The van der Waals surface area contributed by atoms with Crippen LogP contribution in [0.15, 0.2) is 24.3 Å². The SMILES string of the molecule is COc1ccc(C2(C(=O)NC(C)Cc3c(C)nn(C)c3C)CCOCC2)cc1. The largest absolute Gasteiger partial charge is 0.497 e. The summed E-state index contributed by atoms with van der Waals surface area (Å²) in [5, 5.41) is 7.75. The lowest BCUT2D eigenvalue weighted by Crippen LogP contribution is -2.50. The van der Waals surface area contributed by atoms with E-state index in [2.05, 4.69) is 24.3 Å². The fourth-order valence-corrected chi connectivity index (χ4v) is 4.11. The molecule has 1 aromatic carbocycles. The highest BCUT2D eigenvalue weighted by Crippen LogP contribution is 2.36. The number of amides is 1. The maximum Gasteiger partial charge on any atom is 0.231 e. The highest BCUT2D eigenvalue weighted by Gasteiger charge is 2.42. The van der Waals surface area contributed by atoms with Crippen molar-refractivity contribution in [3.63, 3.8) is 0 Å². The highest BCUT2D eigenvalue weighted by atomic mass is 16.5. The molecule has 0 radical (unpaired) electrons. The molecule has 0 bridgehead atoms. The van der Waals surface area contributed by atoms with Crippen LogP contribution in [0.4, 0.5) is 0 Å². The van der Waals surface area contributed by atoms with E-state index < -0.39 is 5.41 Å². The van der Waals surface area contributed by atoms with Crippen molar-refractivity contribution >= 4 is 5.91 Å². The number of aryl methyl sites for hydroxylation is 2. The van der Waals surface area contributed by atoms with Crippen LogP contribution in [0.3, 0.4) is 0 Å². The first kappa shape index (κ1) is 20.4. The zero-order valence-corrected chi connectivity index (χ0v) is 17.5. The molecule has 0 aliphatic carbocycles. The third-order valence-corrected chi connectivity index (χ3v) is 5.97. The van der Waals surface area contributed by atoms with E-state index >= 15 is 0 Å². The predicted molar refractivity (Wildman–Crippen MR) is 109 cm³/mol. The Morgan fingerprint density at radius 3 is 2.46 bits per heavy atom. The number of hydrogen-bond acceptors (Lipinski definition) is 4. The monoisotopic (exact) mass is 385 g/mol. The van der Waals surface area contributed by atoms with Gasteiger partial charge in [-0.05, 0) is 63.3 Å². The van der Waals surface area contributed by atoms with E-state index in [9.17, 15) is 4.79 Å². The molecule has 1 saturated heterocycles. The minimum atomic E-state index is -0.558. The second kappa shape index (κ2) is 8.35. The van der Waals surface area contributed by atoms with Crippen molar-refractivity contribution in [1.29, 1.82) is 0 Å². The Hall–Kier alpha value is -2.34. The number of hydrogen-bond donors (Lipinski definition) is 1. The van der Waals surface area contributed by atoms with Crippen LogP contribution in [0.2, 0.25) is 0 Å². The molecule has 1 atom stereocenters. The van der Waals surface area contributed by atoms with Gasteiger partial charge in [-0.15, -0.1) is 0 Å². The first-order valence-corrected chi connectivity index (χ1v) is 9.89. The molecular weight excluding hydrogens is 354 g/mol. The number of aromatic nitrogens is 2. The standard InChI is InChI=1S/C22H31N3O3/c1-15(14-20-16(2)24-25(4)17(20)3)23-21(26)22(10-12-28-13-11-22)18-6-8-19(27-5)9-7-18/h6-9,15H,10-14H2,1-5H3,(H,23,26). The molecule has 1 fully saturated rings. The first-order valence-electron chi connectivity index (χ1n) is 9.89. The fourth-order valence-electron chi connectivity index (χ4n) is 4.11. The quantitative estimate of drug-likeness (QED) is 0.830. The van der Waals surface area contributed by atoms with Crippen LogP contribution in [0.1, 0.15) is 42.3 Å². The van der Waals surface area contributed by atoms with E-state index in [1.165, 1.54) is 5.56 Å². The van der Waals surface area contributed by atoms with Gasteiger partial charge in [-0.3, -0.25) is 9.48 Å². The Kier molecular flexibility index (Phi) is 6.08. The number of carbonyl (C=O) groups excluding carboxylic acids is 1. The predicted octanol–water partition coefficient (Wildman–Crippen LogP) is 2.84. The van der Waals surface area contributed by atoms with Crippen molar-refractivity contribution < 1.29 is 14.3 Å². The van der Waals surface area contributed by atoms with Gasteiger partial charge in [0.25, 0.3) is 0 Å². The zero-order chi connectivity index (χ0) is 20.3. The third-order valence-electron chi connectivity index (χ3n) is 5.97. The van der Waals surface area contributed by atoms with Crippen molar-refractivity contribution in [3.05, 3.63) is 46.8 Å². The molecule has 1 N–H and O–H groups in total. The van der Waals surface area contributed by atoms with Gasteiger partial charge in [0, 0.05) is 32.0 Å². The summed E-state index contributed by atoms with van der Waals surface area (Å²) < 4.78 is 12.7. The molecule has 1 unspecified atom stereocenters. The summed E-state index contributed by atoms with van der Waals surface area (Å²) >= 11 is 0. The second-order valence-electron chi connectivity index (χ2n) is 7.77. The molecule has 0 saturated carbocycles. The molecule has 152 valence electrons. The van der Waals surface area contributed by atoms with Crippen LogP contribution in [-0.4, -0.2) is 42.1 Å². The molecule has 28 heavy (non-hydrogen) atoms. The van der Waals surface area contributed by atoms with E-state index in [1.807, 2.05) is 42.9 Å². The van der Waals surface area contributed by atoms with E-state index in [1.54, 1.807) is 7.11 Å². The molecule has 6 nitrogen and oxygen atoms in total. The Bertz CT molecular complexity index is 820. The van der Waals surface area contributed by atoms with Crippen molar-refractivity contribution in [3.8, 4) is 5.75 Å². The number of ether oxygens (including phenoxy) is 2. The molecule has 3 rings (SSSR count). The number of nitrogens with zero attached hydrogens (tertiary/aromatic N) is 2. The summed E-state index contributed by atoms with van der Waals surface area (Å²) in [6.07, 6.45) is 2.14. The van der Waals surface area contributed by atoms with E-state index in [-0.39, 0.29) is 11.9 Å². The van der Waals surface area contributed by atoms with Crippen molar-refractivity contribution in [1.82, 2.24) is 15.1 Å². The molecule has 1 amide bonds. The molecule has 6 heteroatoms. The van der Waals surface area contributed by atoms with Gasteiger partial charge in [-0.2, -0.15) is 5.10 Å². The summed E-state index contributed by atoms with van der Waals surface area (Å²) in [5.74, 6) is 0.870. The van der Waals surface area contributed by atoms with Crippen molar-refractivity contribution in [2.75, 3.05) is 20.3 Å². The Morgan fingerprint density at radius 2 is 1.93 bits per heavy atom. The minimum absolute atomic E-state index is 0.0204. The van der Waals surface area contributed by atoms with Gasteiger partial charge in [0.05, 0.1) is 18.2 Å². The molecule has 1 aliphatic rings. The maximum absolute atomic E-state index is 13.4. The van der Waals surface area contributed by atoms with Crippen LogP contribution < -0.4 is 10.1 Å². The van der Waals surface area contributed by atoms with E-state index in [4.69, 9.17) is 9.47 Å². The second-order valence-corrected chi connectivity index (χ2v) is 7.77. The lowest BCUT2D eigenvalue weighted by Gasteiger charge is -2.37. The zero-order valence-electron chi connectivity index (χ0n) is 17.5. The fraction of sp³-hybridized carbons (Fsp3) is 0.545. The van der Waals surface area contributed by atoms with Gasteiger partial charge < -0.3 is 14.8 Å². The average molecular weight is 386 g/mol. The van der Waals surface area contributed by atoms with Crippen LogP contribution in [0.5, 0.6) is 5.75 Å². The van der Waals surface area contributed by atoms with Crippen LogP contribution in [0, 0.1) is 13.8 Å². The van der Waals surface area contributed by atoms with Crippen LogP contribution >= 0.6 is 0 Å². The smallest absolute Gasteiger partial charge is 0.231 e. The molecule has 1 aromatic heterocycles. The van der Waals surface area contributed by atoms with Gasteiger partial charge in [0.1, 0.15) is 5.75 Å². The molecule has 2 heterocycles. The molecule has 1 aliphatic heterocycles. The first-order chi connectivity index (χ1) is 13.4. The third kappa shape index (κ3) is 3.92. The molecule has 2 aromatic rings. The summed E-state index contributed by atoms with van der Waals surface area (Å²) in [5.41, 5.74) is 3.85. The lowest BCUT2D eigenvalue weighted by atomic mass is 9.73. The van der Waals surface area contributed by atoms with Crippen LogP contribution in [0.25, 0.3) is 0 Å². The van der Waals surface area contributed by atoms with Crippen molar-refractivity contribution in [2.24, 2.45) is 7.05 Å². The van der Waals surface area contributed by atoms with E-state index in [0.29, 0.717) is 26.1 Å². The average Bonchev–Trinajstić information content (AvgIpc) is 2.94. The van der Waals surface area contributed by atoms with Gasteiger partial charge in [0.2, 0.25) is 5.91 Å². The van der Waals surface area contributed by atoms with Gasteiger partial charge in [-0.1, -0.05) is 12.1 Å².